The van der Waals surface area contributed by atoms with Crippen LogP contribution in [0.4, 0.5) is 5.82 Å². The predicted molar refractivity (Wildman–Crippen MR) is 125 cm³/mol. The average molecular weight is 413 g/mol. The van der Waals surface area contributed by atoms with Gasteiger partial charge in [-0.05, 0) is 68.3 Å². The average Bonchev–Trinajstić information content (AvgIpc) is 3.47. The van der Waals surface area contributed by atoms with Crippen molar-refractivity contribution < 1.29 is 0 Å². The zero-order chi connectivity index (χ0) is 21.2. The van der Waals surface area contributed by atoms with Crippen LogP contribution < -0.4 is 5.32 Å². The van der Waals surface area contributed by atoms with E-state index in [1.54, 1.807) is 0 Å². The summed E-state index contributed by atoms with van der Waals surface area (Å²) in [6.07, 6.45) is 6.81. The molecular weight excluding hydrogens is 384 g/mol. The van der Waals surface area contributed by atoms with Crippen LogP contribution in [-0.4, -0.2) is 44.2 Å². The first-order valence-corrected chi connectivity index (χ1v) is 11.0. The number of likely N-dealkylation sites (tertiary alicyclic amines) is 1. The van der Waals surface area contributed by atoms with Crippen molar-refractivity contribution in [2.45, 2.75) is 38.8 Å². The van der Waals surface area contributed by atoms with Crippen LogP contribution >= 0.6 is 0 Å². The molecule has 3 aromatic heterocycles. The van der Waals surface area contributed by atoms with Gasteiger partial charge < -0.3 is 10.2 Å². The predicted octanol–water partition coefficient (Wildman–Crippen LogP) is 4.83. The molecule has 4 heterocycles. The van der Waals surface area contributed by atoms with E-state index in [0.29, 0.717) is 18.5 Å². The molecule has 0 spiro atoms. The Labute approximate surface area is 182 Å². The van der Waals surface area contributed by atoms with Crippen LogP contribution in [0.2, 0.25) is 0 Å². The number of nitrogens with zero attached hydrogens (tertiary/aromatic N) is 4. The van der Waals surface area contributed by atoms with Gasteiger partial charge in [-0.15, -0.1) is 0 Å². The van der Waals surface area contributed by atoms with Crippen LogP contribution in [0.5, 0.6) is 0 Å². The third-order valence-electron chi connectivity index (χ3n) is 6.24. The van der Waals surface area contributed by atoms with Crippen LogP contribution in [0.15, 0.2) is 61.1 Å². The molecule has 1 aliphatic heterocycles. The van der Waals surface area contributed by atoms with Crippen LogP contribution in [0.3, 0.4) is 0 Å². The molecule has 0 aliphatic carbocycles. The van der Waals surface area contributed by atoms with E-state index < -0.39 is 0 Å². The molecule has 6 heteroatoms. The minimum atomic E-state index is 0.496. The Kier molecular flexibility index (Phi) is 5.38. The smallest absolute Gasteiger partial charge is 0.126 e. The van der Waals surface area contributed by atoms with Crippen LogP contribution in [0, 0.1) is 0 Å². The lowest BCUT2D eigenvalue weighted by molar-refractivity contribution is 0.272. The summed E-state index contributed by atoms with van der Waals surface area (Å²) in [6, 6.07) is 15.2. The van der Waals surface area contributed by atoms with Crippen molar-refractivity contribution in [2.75, 3.05) is 18.4 Å². The van der Waals surface area contributed by atoms with E-state index in [9.17, 15) is 0 Å². The van der Waals surface area contributed by atoms with Gasteiger partial charge in [0.2, 0.25) is 0 Å². The van der Waals surface area contributed by atoms with Gasteiger partial charge in [-0.2, -0.15) is 5.10 Å². The van der Waals surface area contributed by atoms with Gasteiger partial charge in [-0.1, -0.05) is 12.1 Å². The minimum Gasteiger partial charge on any atom is -0.366 e. The summed E-state index contributed by atoms with van der Waals surface area (Å²) < 4.78 is 0. The zero-order valence-electron chi connectivity index (χ0n) is 18.0. The molecule has 0 bridgehead atoms. The van der Waals surface area contributed by atoms with Gasteiger partial charge in [0.05, 0.1) is 11.7 Å². The SMILES string of the molecule is CC(C)N1CC[C@@H](c2[nH]ncc2-c2ccnc(NCc3ccc4ncccc4c3)c2)C1. The van der Waals surface area contributed by atoms with E-state index >= 15 is 0 Å². The summed E-state index contributed by atoms with van der Waals surface area (Å²) in [5, 5.41) is 12.3. The number of nitrogens with one attached hydrogen (secondary N) is 2. The first kappa shape index (κ1) is 19.7. The highest BCUT2D eigenvalue weighted by molar-refractivity contribution is 5.79. The Morgan fingerprint density at radius 1 is 1.13 bits per heavy atom. The van der Waals surface area contributed by atoms with E-state index in [1.807, 2.05) is 24.7 Å². The number of benzene rings is 1. The number of aromatic amines is 1. The molecule has 1 fully saturated rings. The number of aromatic nitrogens is 4. The standard InChI is InChI=1S/C25H28N6/c1-17(2)31-11-8-21(16-31)25-22(15-29-30-25)19-7-10-27-24(13-19)28-14-18-5-6-23-20(12-18)4-3-9-26-23/h3-7,9-10,12-13,15,17,21H,8,11,14,16H2,1-2H3,(H,27,28)(H,29,30)/t21-/m1/s1. The molecule has 5 rings (SSSR count). The maximum absolute atomic E-state index is 4.53. The highest BCUT2D eigenvalue weighted by Crippen LogP contribution is 2.34. The van der Waals surface area contributed by atoms with Gasteiger partial charge in [-0.25, -0.2) is 4.98 Å². The summed E-state index contributed by atoms with van der Waals surface area (Å²) in [7, 11) is 0. The molecule has 0 radical (unpaired) electrons. The fourth-order valence-electron chi connectivity index (χ4n) is 4.45. The molecule has 158 valence electrons. The van der Waals surface area contributed by atoms with E-state index in [2.05, 4.69) is 80.6 Å². The highest BCUT2D eigenvalue weighted by Gasteiger charge is 2.28. The van der Waals surface area contributed by atoms with Gasteiger partial charge in [0.25, 0.3) is 0 Å². The highest BCUT2D eigenvalue weighted by atomic mass is 15.2. The Balaban J connectivity index is 1.32. The number of rotatable bonds is 6. The fraction of sp³-hybridized carbons (Fsp3) is 0.320. The van der Waals surface area contributed by atoms with Gasteiger partial charge in [0.1, 0.15) is 5.82 Å². The summed E-state index contributed by atoms with van der Waals surface area (Å²) in [6.45, 7) is 7.48. The zero-order valence-corrected chi connectivity index (χ0v) is 18.0. The van der Waals surface area contributed by atoms with E-state index in [0.717, 1.165) is 35.4 Å². The Hall–Kier alpha value is -3.25. The third kappa shape index (κ3) is 4.16. The van der Waals surface area contributed by atoms with Gasteiger partial charge in [0, 0.05) is 54.1 Å². The van der Waals surface area contributed by atoms with E-state index in [1.165, 1.54) is 23.2 Å². The van der Waals surface area contributed by atoms with Crippen molar-refractivity contribution in [3.63, 3.8) is 0 Å². The third-order valence-corrected chi connectivity index (χ3v) is 6.24. The number of anilines is 1. The van der Waals surface area contributed by atoms with Gasteiger partial charge >= 0.3 is 0 Å². The molecule has 2 N–H and O–H groups in total. The molecule has 4 aromatic rings. The Bertz CT molecular complexity index is 1180. The molecule has 1 aliphatic rings. The number of pyridine rings is 2. The van der Waals surface area contributed by atoms with E-state index in [-0.39, 0.29) is 0 Å². The Morgan fingerprint density at radius 3 is 2.94 bits per heavy atom. The molecule has 0 saturated carbocycles. The maximum atomic E-state index is 4.53. The van der Waals surface area contributed by atoms with Crippen molar-refractivity contribution in [2.24, 2.45) is 0 Å². The topological polar surface area (TPSA) is 69.7 Å². The number of hydrogen-bond donors (Lipinski definition) is 2. The number of hydrogen-bond acceptors (Lipinski definition) is 5. The first-order chi connectivity index (χ1) is 15.2. The van der Waals surface area contributed by atoms with Crippen molar-refractivity contribution in [3.05, 3.63) is 72.3 Å². The largest absolute Gasteiger partial charge is 0.366 e. The van der Waals surface area contributed by atoms with Crippen LogP contribution in [-0.2, 0) is 6.54 Å². The van der Waals surface area contributed by atoms with Gasteiger partial charge in [0.15, 0.2) is 0 Å². The molecule has 6 nitrogen and oxygen atoms in total. The lowest BCUT2D eigenvalue weighted by Crippen LogP contribution is -2.28. The van der Waals surface area contributed by atoms with Crippen molar-refractivity contribution in [1.82, 2.24) is 25.1 Å². The van der Waals surface area contributed by atoms with Crippen molar-refractivity contribution >= 4 is 16.7 Å². The second-order valence-electron chi connectivity index (χ2n) is 8.59. The molecule has 0 unspecified atom stereocenters. The molecule has 1 aromatic carbocycles. The summed E-state index contributed by atoms with van der Waals surface area (Å²) >= 11 is 0. The molecule has 0 amide bonds. The normalized spacial score (nSPS) is 16.9. The summed E-state index contributed by atoms with van der Waals surface area (Å²) in [5.41, 5.74) is 5.78. The monoisotopic (exact) mass is 412 g/mol. The second-order valence-corrected chi connectivity index (χ2v) is 8.59. The fourth-order valence-corrected chi connectivity index (χ4v) is 4.45. The number of fused-ring (bicyclic) bond motifs is 1. The van der Waals surface area contributed by atoms with Crippen molar-refractivity contribution in [1.29, 1.82) is 0 Å². The van der Waals surface area contributed by atoms with E-state index in [4.69, 9.17) is 0 Å². The molecule has 1 atom stereocenters. The number of H-pyrrole nitrogens is 1. The Morgan fingerprint density at radius 2 is 2.06 bits per heavy atom. The molecular formula is C25H28N6. The quantitative estimate of drug-likeness (QED) is 0.475. The lowest BCUT2D eigenvalue weighted by Gasteiger charge is -2.20. The minimum absolute atomic E-state index is 0.496. The van der Waals surface area contributed by atoms with Crippen LogP contribution in [0.25, 0.3) is 22.0 Å². The van der Waals surface area contributed by atoms with Gasteiger partial charge in [-0.3, -0.25) is 10.1 Å². The maximum Gasteiger partial charge on any atom is 0.126 e. The summed E-state index contributed by atoms with van der Waals surface area (Å²) in [4.78, 5) is 11.5. The summed E-state index contributed by atoms with van der Waals surface area (Å²) in [5.74, 6) is 1.36. The van der Waals surface area contributed by atoms with Crippen molar-refractivity contribution in [3.8, 4) is 11.1 Å². The second kappa shape index (κ2) is 8.47. The lowest BCUT2D eigenvalue weighted by atomic mass is 9.97. The molecule has 31 heavy (non-hydrogen) atoms. The molecule has 1 saturated heterocycles. The van der Waals surface area contributed by atoms with Crippen LogP contribution in [0.1, 0.15) is 37.4 Å². The first-order valence-electron chi connectivity index (χ1n) is 11.0.